The van der Waals surface area contributed by atoms with Crippen LogP contribution in [-0.2, 0) is 6.42 Å². The molecule has 2 heterocycles. The fourth-order valence-corrected chi connectivity index (χ4v) is 4.29. The number of benzene rings is 2. The third-order valence-corrected chi connectivity index (χ3v) is 6.50. The number of nitrogens with one attached hydrogen (secondary N) is 1. The van der Waals surface area contributed by atoms with E-state index in [0.717, 1.165) is 20.6 Å². The predicted molar refractivity (Wildman–Crippen MR) is 119 cm³/mol. The van der Waals surface area contributed by atoms with Crippen molar-refractivity contribution >= 4 is 61.3 Å². The topological polar surface area (TPSA) is 46.4 Å². The van der Waals surface area contributed by atoms with E-state index in [4.69, 9.17) is 23.2 Å². The van der Waals surface area contributed by atoms with E-state index in [1.54, 1.807) is 12.1 Å². The van der Waals surface area contributed by atoms with Gasteiger partial charge in [-0.3, -0.25) is 9.20 Å². The van der Waals surface area contributed by atoms with Crippen molar-refractivity contribution in [1.82, 2.24) is 14.7 Å². The maximum Gasteiger partial charge on any atom is 0.270 e. The molecule has 1 amide bonds. The normalized spacial score (nSPS) is 11.1. The fourth-order valence-electron chi connectivity index (χ4n) is 2.91. The van der Waals surface area contributed by atoms with Gasteiger partial charge in [0, 0.05) is 33.2 Å². The Morgan fingerprint density at radius 1 is 1.18 bits per heavy atom. The van der Waals surface area contributed by atoms with Gasteiger partial charge in [0.05, 0.1) is 5.02 Å². The summed E-state index contributed by atoms with van der Waals surface area (Å²) in [6, 6.07) is 13.1. The molecule has 8 heteroatoms. The standard InChI is InChI=1S/C20H14BrCl2N3OS/c21-15-11-12(1-6-16(15)23)7-8-24-19(27)18-17(13-2-4-14(22)5-3-13)25-20-26(18)9-10-28-20/h1-6,9-11H,7-8H2,(H,24,27). The van der Waals surface area contributed by atoms with Crippen molar-refractivity contribution in [1.29, 1.82) is 0 Å². The maximum atomic E-state index is 13.0. The lowest BCUT2D eigenvalue weighted by Gasteiger charge is -2.08. The number of amides is 1. The predicted octanol–water partition coefficient (Wildman–Crippen LogP) is 6.10. The molecule has 2 aromatic carbocycles. The summed E-state index contributed by atoms with van der Waals surface area (Å²) in [5.74, 6) is -0.163. The van der Waals surface area contributed by atoms with Crippen LogP contribution in [0.4, 0.5) is 0 Å². The number of halogens is 3. The van der Waals surface area contributed by atoms with E-state index in [1.165, 1.54) is 11.3 Å². The van der Waals surface area contributed by atoms with Gasteiger partial charge in [-0.2, -0.15) is 0 Å². The monoisotopic (exact) mass is 493 g/mol. The number of fused-ring (bicyclic) bond motifs is 1. The first kappa shape index (κ1) is 19.5. The summed E-state index contributed by atoms with van der Waals surface area (Å²) in [6.07, 6.45) is 2.56. The van der Waals surface area contributed by atoms with E-state index in [2.05, 4.69) is 26.2 Å². The van der Waals surface area contributed by atoms with Crippen molar-refractivity contribution in [2.45, 2.75) is 6.42 Å². The second kappa shape index (κ2) is 8.25. The van der Waals surface area contributed by atoms with E-state index in [1.807, 2.05) is 46.3 Å². The highest BCUT2D eigenvalue weighted by molar-refractivity contribution is 9.10. The quantitative estimate of drug-likeness (QED) is 0.364. The van der Waals surface area contributed by atoms with Gasteiger partial charge in [0.1, 0.15) is 11.4 Å². The number of aromatic nitrogens is 2. The van der Waals surface area contributed by atoms with Crippen LogP contribution in [0.1, 0.15) is 16.1 Å². The Kier molecular flexibility index (Phi) is 5.73. The first-order chi connectivity index (χ1) is 13.5. The van der Waals surface area contributed by atoms with Gasteiger partial charge in [-0.15, -0.1) is 11.3 Å². The molecule has 4 aromatic rings. The molecule has 0 aliphatic rings. The number of hydrogen-bond donors (Lipinski definition) is 1. The van der Waals surface area contributed by atoms with Gasteiger partial charge >= 0.3 is 0 Å². The van der Waals surface area contributed by atoms with Crippen LogP contribution in [0, 0.1) is 0 Å². The summed E-state index contributed by atoms with van der Waals surface area (Å²) in [5, 5.41) is 6.22. The van der Waals surface area contributed by atoms with E-state index < -0.39 is 0 Å². The minimum atomic E-state index is -0.163. The molecular weight excluding hydrogens is 481 g/mol. The van der Waals surface area contributed by atoms with Crippen molar-refractivity contribution in [3.8, 4) is 11.3 Å². The molecule has 0 radical (unpaired) electrons. The molecule has 4 nitrogen and oxygen atoms in total. The Morgan fingerprint density at radius 2 is 1.96 bits per heavy atom. The summed E-state index contributed by atoms with van der Waals surface area (Å²) in [6.45, 7) is 0.504. The van der Waals surface area contributed by atoms with Crippen LogP contribution in [0.2, 0.25) is 10.0 Å². The van der Waals surface area contributed by atoms with Crippen molar-refractivity contribution < 1.29 is 4.79 Å². The van der Waals surface area contributed by atoms with Crippen molar-refractivity contribution in [3.63, 3.8) is 0 Å². The van der Waals surface area contributed by atoms with Gasteiger partial charge in [-0.1, -0.05) is 41.4 Å². The molecule has 0 aliphatic carbocycles. The molecule has 28 heavy (non-hydrogen) atoms. The van der Waals surface area contributed by atoms with Crippen LogP contribution in [0.3, 0.4) is 0 Å². The zero-order chi connectivity index (χ0) is 19.7. The lowest BCUT2D eigenvalue weighted by atomic mass is 10.1. The second-order valence-electron chi connectivity index (χ2n) is 6.13. The maximum absolute atomic E-state index is 13.0. The van der Waals surface area contributed by atoms with Crippen LogP contribution in [0.5, 0.6) is 0 Å². The third-order valence-electron chi connectivity index (χ3n) is 4.28. The number of nitrogens with zero attached hydrogens (tertiary/aromatic N) is 2. The molecule has 0 spiro atoms. The minimum absolute atomic E-state index is 0.163. The number of hydrogen-bond acceptors (Lipinski definition) is 3. The Hall–Kier alpha value is -1.86. The summed E-state index contributed by atoms with van der Waals surface area (Å²) in [7, 11) is 0. The van der Waals surface area contributed by atoms with Gasteiger partial charge in [0.25, 0.3) is 5.91 Å². The van der Waals surface area contributed by atoms with Gasteiger partial charge in [0.2, 0.25) is 0 Å². The smallest absolute Gasteiger partial charge is 0.270 e. The molecule has 0 aliphatic heterocycles. The lowest BCUT2D eigenvalue weighted by molar-refractivity contribution is 0.0949. The molecule has 0 unspecified atom stereocenters. The first-order valence-electron chi connectivity index (χ1n) is 8.46. The van der Waals surface area contributed by atoms with Crippen LogP contribution in [-0.4, -0.2) is 21.8 Å². The SMILES string of the molecule is O=C(NCCc1ccc(Cl)c(Br)c1)c1c(-c2ccc(Cl)cc2)nc2sccn12. The van der Waals surface area contributed by atoms with E-state index in [-0.39, 0.29) is 5.91 Å². The highest BCUT2D eigenvalue weighted by Crippen LogP contribution is 2.28. The number of thiazole rings is 1. The molecule has 0 saturated heterocycles. The zero-order valence-electron chi connectivity index (χ0n) is 14.5. The lowest BCUT2D eigenvalue weighted by Crippen LogP contribution is -2.27. The van der Waals surface area contributed by atoms with Crippen molar-refractivity contribution in [3.05, 3.63) is 79.8 Å². The molecule has 0 saturated carbocycles. The van der Waals surface area contributed by atoms with Gasteiger partial charge in [0.15, 0.2) is 4.96 Å². The third kappa shape index (κ3) is 3.96. The first-order valence-corrected chi connectivity index (χ1v) is 10.9. The number of rotatable bonds is 5. The van der Waals surface area contributed by atoms with E-state index >= 15 is 0 Å². The molecule has 0 atom stereocenters. The highest BCUT2D eigenvalue weighted by Gasteiger charge is 2.21. The Labute approximate surface area is 184 Å². The molecule has 142 valence electrons. The molecule has 2 aromatic heterocycles. The highest BCUT2D eigenvalue weighted by atomic mass is 79.9. The summed E-state index contributed by atoms with van der Waals surface area (Å²) in [4.78, 5) is 18.4. The fraction of sp³-hybridized carbons (Fsp3) is 0.100. The van der Waals surface area contributed by atoms with Crippen LogP contribution in [0.15, 0.2) is 58.5 Å². The molecule has 0 fully saturated rings. The van der Waals surface area contributed by atoms with E-state index in [0.29, 0.717) is 34.4 Å². The Bertz CT molecular complexity index is 1150. The van der Waals surface area contributed by atoms with Crippen LogP contribution < -0.4 is 5.32 Å². The Balaban J connectivity index is 1.56. The van der Waals surface area contributed by atoms with Crippen LogP contribution >= 0.6 is 50.5 Å². The summed E-state index contributed by atoms with van der Waals surface area (Å²) in [5.41, 5.74) is 3.11. The molecular formula is C20H14BrCl2N3OS. The van der Waals surface area contributed by atoms with Gasteiger partial charge in [-0.05, 0) is 52.2 Å². The van der Waals surface area contributed by atoms with Crippen molar-refractivity contribution in [2.24, 2.45) is 0 Å². The summed E-state index contributed by atoms with van der Waals surface area (Å²) < 4.78 is 2.67. The molecule has 1 N–H and O–H groups in total. The minimum Gasteiger partial charge on any atom is -0.350 e. The largest absolute Gasteiger partial charge is 0.350 e. The van der Waals surface area contributed by atoms with Gasteiger partial charge in [-0.25, -0.2) is 4.98 Å². The molecule has 0 bridgehead atoms. The zero-order valence-corrected chi connectivity index (χ0v) is 18.4. The number of carbonyl (C=O) groups excluding carboxylic acids is 1. The summed E-state index contributed by atoms with van der Waals surface area (Å²) >= 11 is 16.9. The average Bonchev–Trinajstić information content (AvgIpc) is 3.26. The average molecular weight is 495 g/mol. The molecule has 4 rings (SSSR count). The Morgan fingerprint density at radius 3 is 2.71 bits per heavy atom. The number of carbonyl (C=O) groups is 1. The second-order valence-corrected chi connectivity index (χ2v) is 8.70. The van der Waals surface area contributed by atoms with E-state index in [9.17, 15) is 4.79 Å². The van der Waals surface area contributed by atoms with Crippen LogP contribution in [0.25, 0.3) is 16.2 Å². The number of imidazole rings is 1. The van der Waals surface area contributed by atoms with Crippen molar-refractivity contribution in [2.75, 3.05) is 6.54 Å². The van der Waals surface area contributed by atoms with Gasteiger partial charge < -0.3 is 5.32 Å².